The smallest absolute Gasteiger partial charge is 0.246 e. The molecule has 2 N–H and O–H groups in total. The highest BCUT2D eigenvalue weighted by atomic mass is 32.1. The minimum absolute atomic E-state index is 0.0708. The molecule has 1 saturated heterocycles. The van der Waals surface area contributed by atoms with Gasteiger partial charge in [0, 0.05) is 36.0 Å². The molecule has 0 unspecified atom stereocenters. The number of hydrogen-bond acceptors (Lipinski definition) is 5. The topological polar surface area (TPSA) is 72.4 Å². The van der Waals surface area contributed by atoms with Crippen LogP contribution in [0.5, 0.6) is 0 Å². The highest BCUT2D eigenvalue weighted by Gasteiger charge is 2.24. The summed E-state index contributed by atoms with van der Waals surface area (Å²) in [7, 11) is 0. The van der Waals surface area contributed by atoms with Gasteiger partial charge in [-0.3, -0.25) is 4.79 Å². The van der Waals surface area contributed by atoms with Crippen molar-refractivity contribution in [2.24, 2.45) is 0 Å². The van der Waals surface area contributed by atoms with Crippen molar-refractivity contribution in [2.45, 2.75) is 18.8 Å². The Morgan fingerprint density at radius 2 is 2.29 bits per heavy atom. The molecule has 2 aromatic heterocycles. The molecule has 1 amide bonds. The summed E-state index contributed by atoms with van der Waals surface area (Å²) in [6, 6.07) is 5.75. The van der Waals surface area contributed by atoms with Gasteiger partial charge in [0.25, 0.3) is 0 Å². The Bertz CT molecular complexity index is 625. The standard InChI is InChI=1S/C15H17N3O2S/c16-14-10-13(17-20-14)11-5-7-18(8-6-11)15(19)4-3-12-2-1-9-21-12/h1-4,9-11H,5-8,16H2/b4-3+. The Morgan fingerprint density at radius 1 is 1.48 bits per heavy atom. The zero-order chi connectivity index (χ0) is 14.7. The molecule has 6 heteroatoms. The number of thiophene rings is 1. The molecule has 3 heterocycles. The van der Waals surface area contributed by atoms with E-state index in [1.807, 2.05) is 28.5 Å². The average Bonchev–Trinajstić information content (AvgIpc) is 3.16. The fourth-order valence-electron chi connectivity index (χ4n) is 2.54. The molecule has 21 heavy (non-hydrogen) atoms. The first-order valence-electron chi connectivity index (χ1n) is 6.95. The minimum atomic E-state index is 0.0708. The van der Waals surface area contributed by atoms with Crippen LogP contribution in [0.15, 0.2) is 34.2 Å². The Balaban J connectivity index is 1.54. The van der Waals surface area contributed by atoms with Gasteiger partial charge in [0.15, 0.2) is 0 Å². The number of hydrogen-bond donors (Lipinski definition) is 1. The van der Waals surface area contributed by atoms with Crippen LogP contribution in [0.25, 0.3) is 6.08 Å². The van der Waals surface area contributed by atoms with Gasteiger partial charge in [0.05, 0.1) is 5.69 Å². The van der Waals surface area contributed by atoms with E-state index in [1.54, 1.807) is 23.5 Å². The van der Waals surface area contributed by atoms with Crippen molar-refractivity contribution < 1.29 is 9.32 Å². The zero-order valence-corrected chi connectivity index (χ0v) is 12.4. The Morgan fingerprint density at radius 3 is 2.90 bits per heavy atom. The summed E-state index contributed by atoms with van der Waals surface area (Å²) in [5.74, 6) is 0.750. The van der Waals surface area contributed by atoms with Crippen LogP contribution in [0.4, 0.5) is 5.88 Å². The first-order chi connectivity index (χ1) is 10.2. The molecule has 5 nitrogen and oxygen atoms in total. The van der Waals surface area contributed by atoms with Crippen LogP contribution in [0, 0.1) is 0 Å². The molecule has 0 atom stereocenters. The summed E-state index contributed by atoms with van der Waals surface area (Å²) in [6.45, 7) is 1.48. The average molecular weight is 303 g/mol. The number of nitrogens with two attached hydrogens (primary N) is 1. The van der Waals surface area contributed by atoms with Crippen LogP contribution >= 0.6 is 11.3 Å². The van der Waals surface area contributed by atoms with Gasteiger partial charge in [-0.05, 0) is 30.4 Å². The lowest BCUT2D eigenvalue weighted by atomic mass is 9.93. The number of aromatic nitrogens is 1. The van der Waals surface area contributed by atoms with Crippen molar-refractivity contribution in [1.29, 1.82) is 0 Å². The van der Waals surface area contributed by atoms with Crippen LogP contribution in [0.1, 0.15) is 29.3 Å². The molecule has 1 fully saturated rings. The maximum absolute atomic E-state index is 12.1. The number of nitrogens with zero attached hydrogens (tertiary/aromatic N) is 2. The van der Waals surface area contributed by atoms with Gasteiger partial charge in [-0.2, -0.15) is 0 Å². The van der Waals surface area contributed by atoms with E-state index >= 15 is 0 Å². The molecule has 0 saturated carbocycles. The van der Waals surface area contributed by atoms with E-state index in [1.165, 1.54) is 0 Å². The lowest BCUT2D eigenvalue weighted by Gasteiger charge is -2.30. The molecular formula is C15H17N3O2S. The monoisotopic (exact) mass is 303 g/mol. The maximum atomic E-state index is 12.1. The first kappa shape index (κ1) is 13.9. The van der Waals surface area contributed by atoms with Crippen LogP contribution in [0.3, 0.4) is 0 Å². The molecule has 0 spiro atoms. The summed E-state index contributed by atoms with van der Waals surface area (Å²) < 4.78 is 4.91. The lowest BCUT2D eigenvalue weighted by Crippen LogP contribution is -2.36. The van der Waals surface area contributed by atoms with E-state index in [0.29, 0.717) is 11.8 Å². The van der Waals surface area contributed by atoms with Crippen LogP contribution < -0.4 is 5.73 Å². The molecular weight excluding hydrogens is 286 g/mol. The number of piperidine rings is 1. The van der Waals surface area contributed by atoms with Crippen molar-refractivity contribution in [3.63, 3.8) is 0 Å². The van der Waals surface area contributed by atoms with Gasteiger partial charge in [0.1, 0.15) is 0 Å². The summed E-state index contributed by atoms with van der Waals surface area (Å²) in [6.07, 6.45) is 5.31. The number of nitrogen functional groups attached to an aromatic ring is 1. The molecule has 1 aliphatic rings. The van der Waals surface area contributed by atoms with Crippen molar-refractivity contribution in [1.82, 2.24) is 10.1 Å². The van der Waals surface area contributed by atoms with Crippen molar-refractivity contribution in [3.05, 3.63) is 40.2 Å². The van der Waals surface area contributed by atoms with Crippen molar-refractivity contribution >= 4 is 29.2 Å². The van der Waals surface area contributed by atoms with E-state index in [9.17, 15) is 4.79 Å². The van der Waals surface area contributed by atoms with Gasteiger partial charge < -0.3 is 15.2 Å². The second kappa shape index (κ2) is 6.13. The number of carbonyl (C=O) groups excluding carboxylic acids is 1. The van der Waals surface area contributed by atoms with Gasteiger partial charge in [0.2, 0.25) is 11.8 Å². The van der Waals surface area contributed by atoms with Gasteiger partial charge >= 0.3 is 0 Å². The Kier molecular flexibility index (Phi) is 4.06. The molecule has 3 rings (SSSR count). The molecule has 1 aliphatic heterocycles. The predicted octanol–water partition coefficient (Wildman–Crippen LogP) is 2.74. The SMILES string of the molecule is Nc1cc(C2CCN(C(=O)/C=C/c3cccs3)CC2)no1. The van der Waals surface area contributed by atoms with E-state index in [0.717, 1.165) is 36.5 Å². The summed E-state index contributed by atoms with van der Waals surface area (Å²) >= 11 is 1.62. The first-order valence-corrected chi connectivity index (χ1v) is 7.83. The molecule has 0 bridgehead atoms. The molecule has 0 aliphatic carbocycles. The number of amides is 1. The molecule has 2 aromatic rings. The molecule has 110 valence electrons. The third-order valence-corrected chi connectivity index (χ3v) is 4.54. The van der Waals surface area contributed by atoms with Crippen molar-refractivity contribution in [2.75, 3.05) is 18.8 Å². The van der Waals surface area contributed by atoms with E-state index in [2.05, 4.69) is 5.16 Å². The number of carbonyl (C=O) groups is 1. The highest BCUT2D eigenvalue weighted by Crippen LogP contribution is 2.28. The minimum Gasteiger partial charge on any atom is -0.368 e. The number of anilines is 1. The Hall–Kier alpha value is -2.08. The zero-order valence-electron chi connectivity index (χ0n) is 11.6. The third kappa shape index (κ3) is 3.33. The summed E-state index contributed by atoms with van der Waals surface area (Å²) in [5.41, 5.74) is 6.44. The van der Waals surface area contributed by atoms with Crippen LogP contribution in [-0.4, -0.2) is 29.1 Å². The van der Waals surface area contributed by atoms with E-state index in [4.69, 9.17) is 10.3 Å². The lowest BCUT2D eigenvalue weighted by molar-refractivity contribution is -0.126. The van der Waals surface area contributed by atoms with Gasteiger partial charge in [-0.15, -0.1) is 11.3 Å². The van der Waals surface area contributed by atoms with Crippen LogP contribution in [-0.2, 0) is 4.79 Å². The molecule has 0 radical (unpaired) electrons. The predicted molar refractivity (Wildman–Crippen MR) is 82.8 cm³/mol. The van der Waals surface area contributed by atoms with Gasteiger partial charge in [-0.25, -0.2) is 0 Å². The fraction of sp³-hybridized carbons (Fsp3) is 0.333. The number of likely N-dealkylation sites (tertiary alicyclic amines) is 1. The largest absolute Gasteiger partial charge is 0.368 e. The van der Waals surface area contributed by atoms with Gasteiger partial charge in [-0.1, -0.05) is 11.2 Å². The fourth-order valence-corrected chi connectivity index (χ4v) is 3.15. The van der Waals surface area contributed by atoms with Crippen LogP contribution in [0.2, 0.25) is 0 Å². The third-order valence-electron chi connectivity index (χ3n) is 3.70. The highest BCUT2D eigenvalue weighted by molar-refractivity contribution is 7.10. The second-order valence-corrected chi connectivity index (χ2v) is 6.08. The number of rotatable bonds is 3. The second-order valence-electron chi connectivity index (χ2n) is 5.10. The summed E-state index contributed by atoms with van der Waals surface area (Å²) in [5, 5.41) is 5.96. The quantitative estimate of drug-likeness (QED) is 0.885. The van der Waals surface area contributed by atoms with E-state index < -0.39 is 0 Å². The summed E-state index contributed by atoms with van der Waals surface area (Å²) in [4.78, 5) is 15.1. The molecule has 0 aromatic carbocycles. The normalized spacial score (nSPS) is 16.7. The maximum Gasteiger partial charge on any atom is 0.246 e. The Labute approximate surface area is 127 Å². The van der Waals surface area contributed by atoms with E-state index in [-0.39, 0.29) is 5.91 Å². The van der Waals surface area contributed by atoms with Crippen molar-refractivity contribution in [3.8, 4) is 0 Å².